The monoisotopic (exact) mass is 346 g/mol. The van der Waals surface area contributed by atoms with Gasteiger partial charge in [-0.3, -0.25) is 0 Å². The van der Waals surface area contributed by atoms with Gasteiger partial charge in [-0.15, -0.1) is 11.6 Å². The number of hydrogen-bond donors (Lipinski definition) is 1. The first kappa shape index (κ1) is 14.9. The number of allylic oxidation sites excluding steroid dienone is 1. The molecule has 14 heavy (non-hydrogen) atoms. The molecule has 0 spiro atoms. The summed E-state index contributed by atoms with van der Waals surface area (Å²) in [4.78, 5) is 0.0641. The molecular formula is C10H17Br2ClO. The minimum atomic E-state index is -0.226. The van der Waals surface area contributed by atoms with Crippen molar-refractivity contribution in [3.05, 3.63) is 11.6 Å². The highest BCUT2D eigenvalue weighted by atomic mass is 79.9. The molecule has 0 radical (unpaired) electrons. The van der Waals surface area contributed by atoms with Gasteiger partial charge in [-0.25, -0.2) is 0 Å². The maximum Gasteiger partial charge on any atom is 0.0615 e. The third-order valence-corrected chi connectivity index (χ3v) is 4.87. The molecule has 0 rings (SSSR count). The Morgan fingerprint density at radius 1 is 1.57 bits per heavy atom. The molecule has 0 bridgehead atoms. The third kappa shape index (κ3) is 6.44. The first-order chi connectivity index (χ1) is 6.41. The van der Waals surface area contributed by atoms with E-state index in [1.807, 2.05) is 19.9 Å². The van der Waals surface area contributed by atoms with Gasteiger partial charge in [-0.1, -0.05) is 43.5 Å². The molecule has 0 heterocycles. The maximum atomic E-state index is 8.76. The van der Waals surface area contributed by atoms with E-state index in [4.69, 9.17) is 16.7 Å². The topological polar surface area (TPSA) is 20.2 Å². The molecule has 1 nitrogen and oxygen atoms in total. The zero-order valence-electron chi connectivity index (χ0n) is 8.56. The number of alkyl halides is 3. The van der Waals surface area contributed by atoms with Crippen LogP contribution in [0, 0.1) is 0 Å². The van der Waals surface area contributed by atoms with Crippen molar-refractivity contribution in [3.63, 3.8) is 0 Å². The molecule has 0 fully saturated rings. The van der Waals surface area contributed by atoms with Crippen LogP contribution in [0.3, 0.4) is 0 Å². The zero-order valence-corrected chi connectivity index (χ0v) is 12.5. The van der Waals surface area contributed by atoms with Crippen LogP contribution in [0.4, 0.5) is 0 Å². The average Bonchev–Trinajstić information content (AvgIpc) is 2.10. The molecule has 0 aliphatic carbocycles. The highest BCUT2D eigenvalue weighted by molar-refractivity contribution is 9.09. The van der Waals surface area contributed by atoms with Crippen LogP contribution in [-0.4, -0.2) is 26.7 Å². The van der Waals surface area contributed by atoms with Crippen LogP contribution in [0.25, 0.3) is 0 Å². The van der Waals surface area contributed by atoms with Crippen molar-refractivity contribution in [1.82, 2.24) is 0 Å². The number of halogens is 3. The lowest BCUT2D eigenvalue weighted by Gasteiger charge is -2.23. The Kier molecular flexibility index (Phi) is 7.75. The minimum absolute atomic E-state index is 0.109. The summed E-state index contributed by atoms with van der Waals surface area (Å²) >= 11 is 13.1. The van der Waals surface area contributed by atoms with Gasteiger partial charge in [0.05, 0.1) is 11.5 Å². The lowest BCUT2D eigenvalue weighted by Crippen LogP contribution is -2.24. The number of aliphatic hydroxyl groups excluding tert-OH is 1. The molecule has 0 aromatic heterocycles. The Morgan fingerprint density at radius 2 is 2.14 bits per heavy atom. The van der Waals surface area contributed by atoms with Crippen LogP contribution in [-0.2, 0) is 0 Å². The quantitative estimate of drug-likeness (QED) is 0.571. The van der Waals surface area contributed by atoms with Gasteiger partial charge >= 0.3 is 0 Å². The van der Waals surface area contributed by atoms with E-state index in [1.54, 1.807) is 0 Å². The smallest absolute Gasteiger partial charge is 0.0615 e. The molecule has 0 amide bonds. The standard InChI is InChI=1S/C10H17Br2ClO/c1-10(2,13)9(12)4-3-8(7-11)5-6-14/h5,9,14H,3-4,6-7H2,1-2H3/b8-5+/t9-/m1/s1. The molecule has 0 saturated heterocycles. The number of hydrogen-bond acceptors (Lipinski definition) is 1. The zero-order chi connectivity index (χ0) is 11.2. The molecule has 0 aliphatic rings. The van der Waals surface area contributed by atoms with Gasteiger partial charge < -0.3 is 5.11 Å². The van der Waals surface area contributed by atoms with Crippen LogP contribution in [0.2, 0.25) is 0 Å². The lowest BCUT2D eigenvalue weighted by atomic mass is 10.0. The Balaban J connectivity index is 3.98. The van der Waals surface area contributed by atoms with E-state index in [2.05, 4.69) is 31.9 Å². The second kappa shape index (κ2) is 7.26. The van der Waals surface area contributed by atoms with Crippen molar-refractivity contribution in [3.8, 4) is 0 Å². The summed E-state index contributed by atoms with van der Waals surface area (Å²) in [6, 6.07) is 0. The number of rotatable bonds is 6. The summed E-state index contributed by atoms with van der Waals surface area (Å²) in [6.45, 7) is 4.10. The average molecular weight is 349 g/mol. The van der Waals surface area contributed by atoms with E-state index in [0.717, 1.165) is 18.2 Å². The third-order valence-electron chi connectivity index (χ3n) is 2.02. The summed E-state index contributed by atoms with van der Waals surface area (Å²) in [7, 11) is 0. The van der Waals surface area contributed by atoms with Crippen LogP contribution in [0.1, 0.15) is 26.7 Å². The Morgan fingerprint density at radius 3 is 2.50 bits per heavy atom. The summed E-state index contributed by atoms with van der Waals surface area (Å²) < 4.78 is 0. The van der Waals surface area contributed by atoms with Crippen molar-refractivity contribution in [1.29, 1.82) is 0 Å². The largest absolute Gasteiger partial charge is 0.392 e. The van der Waals surface area contributed by atoms with E-state index < -0.39 is 0 Å². The van der Waals surface area contributed by atoms with Gasteiger partial charge in [-0.05, 0) is 26.7 Å². The summed E-state index contributed by atoms with van der Waals surface area (Å²) in [6.07, 6.45) is 3.78. The first-order valence-corrected chi connectivity index (χ1v) is 7.01. The van der Waals surface area contributed by atoms with Gasteiger partial charge in [-0.2, -0.15) is 0 Å². The number of aliphatic hydroxyl groups is 1. The summed E-state index contributed by atoms with van der Waals surface area (Å²) in [5.41, 5.74) is 1.22. The normalized spacial score (nSPS) is 15.7. The molecule has 0 aromatic rings. The fourth-order valence-corrected chi connectivity index (χ4v) is 1.86. The Hall–Kier alpha value is 0.950. The van der Waals surface area contributed by atoms with Gasteiger partial charge in [0.15, 0.2) is 0 Å². The van der Waals surface area contributed by atoms with Crippen molar-refractivity contribution in [2.45, 2.75) is 36.4 Å². The lowest BCUT2D eigenvalue weighted by molar-refractivity contribution is 0.341. The maximum absolute atomic E-state index is 8.76. The van der Waals surface area contributed by atoms with Gasteiger partial charge in [0.2, 0.25) is 0 Å². The van der Waals surface area contributed by atoms with Gasteiger partial charge in [0.1, 0.15) is 0 Å². The molecule has 1 N–H and O–H groups in total. The second-order valence-electron chi connectivity index (χ2n) is 3.75. The van der Waals surface area contributed by atoms with Crippen LogP contribution in [0.15, 0.2) is 11.6 Å². The first-order valence-electron chi connectivity index (χ1n) is 4.59. The van der Waals surface area contributed by atoms with Crippen molar-refractivity contribution in [2.75, 3.05) is 11.9 Å². The SMILES string of the molecule is CC(C)(Cl)[C@H](Br)CC/C(=C\CO)CBr. The van der Waals surface area contributed by atoms with E-state index in [1.165, 1.54) is 5.57 Å². The van der Waals surface area contributed by atoms with Crippen LogP contribution in [0.5, 0.6) is 0 Å². The fraction of sp³-hybridized carbons (Fsp3) is 0.800. The van der Waals surface area contributed by atoms with Crippen molar-refractivity contribution < 1.29 is 5.11 Å². The van der Waals surface area contributed by atoms with Gasteiger partial charge in [0, 0.05) is 10.2 Å². The molecule has 0 unspecified atom stereocenters. The highest BCUT2D eigenvalue weighted by Gasteiger charge is 2.23. The van der Waals surface area contributed by atoms with E-state index in [0.29, 0.717) is 0 Å². The summed E-state index contributed by atoms with van der Waals surface area (Å²) in [5, 5.41) is 9.57. The molecule has 0 aromatic carbocycles. The molecule has 1 atom stereocenters. The van der Waals surface area contributed by atoms with E-state index in [9.17, 15) is 0 Å². The minimum Gasteiger partial charge on any atom is -0.392 e. The van der Waals surface area contributed by atoms with Crippen LogP contribution >= 0.6 is 43.5 Å². The predicted molar refractivity (Wildman–Crippen MR) is 70.8 cm³/mol. The van der Waals surface area contributed by atoms with Gasteiger partial charge in [0.25, 0.3) is 0 Å². The van der Waals surface area contributed by atoms with Crippen LogP contribution < -0.4 is 0 Å². The summed E-state index contributed by atoms with van der Waals surface area (Å²) in [5.74, 6) is 0. The highest BCUT2D eigenvalue weighted by Crippen LogP contribution is 2.29. The van der Waals surface area contributed by atoms with Crippen molar-refractivity contribution >= 4 is 43.5 Å². The molecular weight excluding hydrogens is 331 g/mol. The Bertz CT molecular complexity index is 187. The van der Waals surface area contributed by atoms with E-state index >= 15 is 0 Å². The molecule has 0 aliphatic heterocycles. The van der Waals surface area contributed by atoms with E-state index in [-0.39, 0.29) is 16.3 Å². The fourth-order valence-electron chi connectivity index (χ4n) is 1.01. The molecule has 0 saturated carbocycles. The molecule has 84 valence electrons. The predicted octanol–water partition coefficient (Wildman–Crippen LogP) is 3.86. The van der Waals surface area contributed by atoms with Crippen molar-refractivity contribution in [2.24, 2.45) is 0 Å². The molecule has 4 heteroatoms. The second-order valence-corrected chi connectivity index (χ2v) is 6.39. The Labute approximate surface area is 108 Å².